The van der Waals surface area contributed by atoms with Gasteiger partial charge in [-0.15, -0.1) is 0 Å². The molecule has 1 amide bonds. The van der Waals surface area contributed by atoms with Crippen molar-refractivity contribution in [3.63, 3.8) is 0 Å². The second kappa shape index (κ2) is 9.62. The van der Waals surface area contributed by atoms with Gasteiger partial charge >= 0.3 is 0 Å². The fourth-order valence-electron chi connectivity index (χ4n) is 5.45. The van der Waals surface area contributed by atoms with Gasteiger partial charge in [-0.1, -0.05) is 48.0 Å². The van der Waals surface area contributed by atoms with Gasteiger partial charge in [0.1, 0.15) is 0 Å². The van der Waals surface area contributed by atoms with E-state index in [0.717, 1.165) is 24.8 Å². The molecular formula is C28H32N2O3. The molecule has 5 heteroatoms. The highest BCUT2D eigenvalue weighted by molar-refractivity contribution is 5.89. The quantitative estimate of drug-likeness (QED) is 0.602. The number of carbonyl (C=O) groups is 1. The van der Waals surface area contributed by atoms with Gasteiger partial charge in [-0.3, -0.25) is 9.78 Å². The highest BCUT2D eigenvalue weighted by Crippen LogP contribution is 2.38. The Balaban J connectivity index is 1.41. The summed E-state index contributed by atoms with van der Waals surface area (Å²) in [5, 5.41) is 2.38. The molecule has 0 radical (unpaired) electrons. The molecule has 2 aliphatic heterocycles. The molecule has 3 aromatic rings. The number of hydrogen-bond donors (Lipinski definition) is 0. The molecule has 5 rings (SSSR count). The topological polar surface area (TPSA) is 51.7 Å². The minimum atomic E-state index is -0.511. The van der Waals surface area contributed by atoms with Gasteiger partial charge in [0.25, 0.3) is 0 Å². The van der Waals surface area contributed by atoms with Crippen LogP contribution in [0.15, 0.2) is 60.9 Å². The predicted octanol–water partition coefficient (Wildman–Crippen LogP) is 4.31. The molecule has 2 aromatic carbocycles. The van der Waals surface area contributed by atoms with Crippen molar-refractivity contribution in [2.24, 2.45) is 5.92 Å². The largest absolute Gasteiger partial charge is 0.381 e. The summed E-state index contributed by atoms with van der Waals surface area (Å²) >= 11 is 0. The van der Waals surface area contributed by atoms with Gasteiger partial charge in [-0.25, -0.2) is 0 Å². The van der Waals surface area contributed by atoms with Crippen LogP contribution in [0.5, 0.6) is 0 Å². The van der Waals surface area contributed by atoms with Gasteiger partial charge in [0.05, 0.1) is 18.6 Å². The summed E-state index contributed by atoms with van der Waals surface area (Å²) in [4.78, 5) is 20.6. The molecule has 1 aromatic heterocycles. The summed E-state index contributed by atoms with van der Waals surface area (Å²) in [7, 11) is 0. The van der Waals surface area contributed by atoms with Crippen molar-refractivity contribution in [1.82, 2.24) is 9.88 Å². The van der Waals surface area contributed by atoms with Crippen LogP contribution in [0.1, 0.15) is 29.5 Å². The first-order chi connectivity index (χ1) is 16.2. The van der Waals surface area contributed by atoms with Gasteiger partial charge in [-0.2, -0.15) is 0 Å². The van der Waals surface area contributed by atoms with E-state index in [1.54, 1.807) is 0 Å². The number of ether oxygens (including phenoxy) is 2. The first-order valence-corrected chi connectivity index (χ1v) is 12.0. The molecular weight excluding hydrogens is 412 g/mol. The Morgan fingerprint density at radius 1 is 1.09 bits per heavy atom. The number of rotatable bonds is 4. The van der Waals surface area contributed by atoms with Crippen molar-refractivity contribution >= 4 is 16.7 Å². The van der Waals surface area contributed by atoms with E-state index >= 15 is 0 Å². The molecule has 0 N–H and O–H groups in total. The van der Waals surface area contributed by atoms with E-state index in [0.29, 0.717) is 39.5 Å². The summed E-state index contributed by atoms with van der Waals surface area (Å²) in [5.41, 5.74) is 3.07. The molecule has 1 unspecified atom stereocenters. The van der Waals surface area contributed by atoms with Crippen molar-refractivity contribution in [3.05, 3.63) is 77.6 Å². The number of pyridine rings is 1. The highest BCUT2D eigenvalue weighted by Gasteiger charge is 2.44. The Morgan fingerprint density at radius 3 is 2.79 bits per heavy atom. The summed E-state index contributed by atoms with van der Waals surface area (Å²) in [6.07, 6.45) is 6.10. The smallest absolute Gasteiger partial charge is 0.233 e. The minimum absolute atomic E-state index is 0.228. The molecule has 172 valence electrons. The van der Waals surface area contributed by atoms with Crippen LogP contribution in [0.4, 0.5) is 0 Å². The molecule has 0 spiro atoms. The first kappa shape index (κ1) is 22.1. The lowest BCUT2D eigenvalue weighted by atomic mass is 9.72. The van der Waals surface area contributed by atoms with Crippen molar-refractivity contribution in [2.45, 2.75) is 31.6 Å². The molecule has 5 nitrogen and oxygen atoms in total. The van der Waals surface area contributed by atoms with E-state index in [-0.39, 0.29) is 11.8 Å². The minimum Gasteiger partial charge on any atom is -0.381 e. The normalized spacial score (nSPS) is 21.0. The molecule has 0 bridgehead atoms. The summed E-state index contributed by atoms with van der Waals surface area (Å²) in [5.74, 6) is 0.475. The Bertz CT molecular complexity index is 1120. The number of benzene rings is 2. The molecule has 0 saturated carbocycles. The van der Waals surface area contributed by atoms with Crippen molar-refractivity contribution in [1.29, 1.82) is 0 Å². The van der Waals surface area contributed by atoms with Crippen LogP contribution in [0, 0.1) is 12.8 Å². The summed E-state index contributed by atoms with van der Waals surface area (Å²) < 4.78 is 11.7. The first-order valence-electron chi connectivity index (χ1n) is 12.0. The third kappa shape index (κ3) is 4.53. The number of hydrogen-bond acceptors (Lipinski definition) is 4. The van der Waals surface area contributed by atoms with Crippen LogP contribution in [-0.2, 0) is 26.1 Å². The Kier molecular flexibility index (Phi) is 6.43. The van der Waals surface area contributed by atoms with Crippen molar-refractivity contribution < 1.29 is 14.3 Å². The van der Waals surface area contributed by atoms with Gasteiger partial charge < -0.3 is 14.4 Å². The predicted molar refractivity (Wildman–Crippen MR) is 129 cm³/mol. The van der Waals surface area contributed by atoms with E-state index in [1.165, 1.54) is 21.9 Å². The van der Waals surface area contributed by atoms with Gasteiger partial charge in [0, 0.05) is 50.0 Å². The number of nitrogens with zero attached hydrogens (tertiary/aromatic N) is 2. The van der Waals surface area contributed by atoms with Crippen molar-refractivity contribution in [2.75, 3.05) is 39.5 Å². The number of aromatic nitrogens is 1. The fraction of sp³-hybridized carbons (Fsp3) is 0.429. The van der Waals surface area contributed by atoms with Crippen LogP contribution in [0.3, 0.4) is 0 Å². The van der Waals surface area contributed by atoms with E-state index in [9.17, 15) is 4.79 Å². The van der Waals surface area contributed by atoms with E-state index < -0.39 is 5.41 Å². The lowest BCUT2D eigenvalue weighted by Crippen LogP contribution is -2.51. The lowest BCUT2D eigenvalue weighted by molar-refractivity contribution is -0.141. The van der Waals surface area contributed by atoms with Crippen LogP contribution < -0.4 is 0 Å². The second-order valence-corrected chi connectivity index (χ2v) is 9.47. The Hall–Kier alpha value is -2.76. The van der Waals surface area contributed by atoms with Crippen LogP contribution in [-0.4, -0.2) is 55.3 Å². The molecule has 0 aliphatic carbocycles. The Morgan fingerprint density at radius 2 is 1.94 bits per heavy atom. The van der Waals surface area contributed by atoms with Crippen LogP contribution in [0.25, 0.3) is 10.8 Å². The number of carbonyl (C=O) groups excluding carboxylic acids is 1. The molecule has 1 atom stereocenters. The van der Waals surface area contributed by atoms with E-state index in [4.69, 9.17) is 9.47 Å². The third-order valence-electron chi connectivity index (χ3n) is 7.23. The monoisotopic (exact) mass is 444 g/mol. The molecule has 3 heterocycles. The maximum atomic E-state index is 14.2. The van der Waals surface area contributed by atoms with Gasteiger partial charge in [0.2, 0.25) is 5.91 Å². The molecule has 2 fully saturated rings. The highest BCUT2D eigenvalue weighted by atomic mass is 16.5. The van der Waals surface area contributed by atoms with Crippen LogP contribution in [0.2, 0.25) is 0 Å². The van der Waals surface area contributed by atoms with Crippen LogP contribution >= 0.6 is 0 Å². The third-order valence-corrected chi connectivity index (χ3v) is 7.23. The fourth-order valence-corrected chi connectivity index (χ4v) is 5.45. The van der Waals surface area contributed by atoms with Crippen molar-refractivity contribution in [3.8, 4) is 0 Å². The lowest BCUT2D eigenvalue weighted by Gasteiger charge is -2.40. The van der Waals surface area contributed by atoms with Gasteiger partial charge in [-0.05, 0) is 48.8 Å². The Labute approximate surface area is 195 Å². The number of aryl methyl sites for hydroxylation is 1. The second-order valence-electron chi connectivity index (χ2n) is 9.47. The summed E-state index contributed by atoms with van der Waals surface area (Å²) in [6.45, 7) is 5.94. The van der Waals surface area contributed by atoms with Gasteiger partial charge in [0.15, 0.2) is 0 Å². The SMILES string of the molecule is Cc1cccc(C2(C(=O)N3CCOCC(Cc4cccc5ccncc45)C3)CCOCC2)c1. The zero-order chi connectivity index (χ0) is 22.7. The maximum absolute atomic E-state index is 14.2. The molecule has 2 aliphatic rings. The maximum Gasteiger partial charge on any atom is 0.233 e. The van der Waals surface area contributed by atoms with E-state index in [1.807, 2.05) is 12.4 Å². The zero-order valence-electron chi connectivity index (χ0n) is 19.3. The van der Waals surface area contributed by atoms with E-state index in [2.05, 4.69) is 65.3 Å². The average Bonchev–Trinajstić information content (AvgIpc) is 3.10. The standard InChI is InChI=1S/C28H32N2O3/c1-21-4-2-7-25(16-21)28(9-13-32-14-10-28)27(31)30-12-15-33-20-22(19-30)17-24-6-3-5-23-8-11-29-18-26(23)24/h2-8,11,16,18,22H,9-10,12-15,17,19-20H2,1H3. The molecule has 33 heavy (non-hydrogen) atoms. The average molecular weight is 445 g/mol. The number of amides is 1. The zero-order valence-corrected chi connectivity index (χ0v) is 19.3. The molecule has 2 saturated heterocycles. The summed E-state index contributed by atoms with van der Waals surface area (Å²) in [6, 6.07) is 16.9. The number of fused-ring (bicyclic) bond motifs is 1.